The third kappa shape index (κ3) is 7.33. The summed E-state index contributed by atoms with van der Waals surface area (Å²) in [4.78, 5) is 13.5. The van der Waals surface area contributed by atoms with Crippen LogP contribution in [0.4, 0.5) is 0 Å². The molecule has 1 fully saturated rings. The van der Waals surface area contributed by atoms with Crippen molar-refractivity contribution >= 4 is 18.3 Å². The minimum Gasteiger partial charge on any atom is -0.349 e. The van der Waals surface area contributed by atoms with Crippen LogP contribution in [0, 0.1) is 12.3 Å². The van der Waals surface area contributed by atoms with Gasteiger partial charge in [0.15, 0.2) is 0 Å². The number of carbonyl (C=O) groups is 1. The zero-order valence-corrected chi connectivity index (χ0v) is 11.6. The largest absolute Gasteiger partial charge is 0.349 e. The summed E-state index contributed by atoms with van der Waals surface area (Å²) in [5.74, 6) is 2.53. The van der Waals surface area contributed by atoms with Gasteiger partial charge in [-0.3, -0.25) is 9.69 Å². The standard InChI is InChI=1S/C13H21N3O.ClH/c1-3-9-16(2)10-5-7-13(17)15-12-6-4-8-14-11-12;/h1,5,7,12,14H,4,6,8-11H2,2H3,(H,15,17);1H/b7-5+;/t12-;/m0./s1. The molecule has 1 heterocycles. The molecule has 2 N–H and O–H groups in total. The number of rotatable bonds is 5. The molecule has 1 atom stereocenters. The molecule has 1 aliphatic heterocycles. The quantitative estimate of drug-likeness (QED) is 0.562. The van der Waals surface area contributed by atoms with Gasteiger partial charge in [0.25, 0.3) is 0 Å². The van der Waals surface area contributed by atoms with E-state index in [1.807, 2.05) is 18.0 Å². The number of carbonyl (C=O) groups excluding carboxylic acids is 1. The summed E-state index contributed by atoms with van der Waals surface area (Å²) in [6.07, 6.45) is 10.8. The van der Waals surface area contributed by atoms with Gasteiger partial charge in [-0.25, -0.2) is 0 Å². The fourth-order valence-corrected chi connectivity index (χ4v) is 1.78. The maximum Gasteiger partial charge on any atom is 0.243 e. The summed E-state index contributed by atoms with van der Waals surface area (Å²) >= 11 is 0. The Balaban J connectivity index is 0.00000289. The topological polar surface area (TPSA) is 44.4 Å². The van der Waals surface area contributed by atoms with Crippen molar-refractivity contribution in [1.29, 1.82) is 0 Å². The molecular weight excluding hydrogens is 250 g/mol. The van der Waals surface area contributed by atoms with Crippen molar-refractivity contribution in [3.05, 3.63) is 12.2 Å². The van der Waals surface area contributed by atoms with E-state index < -0.39 is 0 Å². The van der Waals surface area contributed by atoms with Crippen molar-refractivity contribution in [1.82, 2.24) is 15.5 Å². The minimum absolute atomic E-state index is 0. The molecule has 0 bridgehead atoms. The van der Waals surface area contributed by atoms with Crippen LogP contribution in [0.25, 0.3) is 0 Å². The summed E-state index contributed by atoms with van der Waals surface area (Å²) in [5, 5.41) is 6.24. The number of halogens is 1. The van der Waals surface area contributed by atoms with Crippen molar-refractivity contribution < 1.29 is 4.79 Å². The fourth-order valence-electron chi connectivity index (χ4n) is 1.78. The van der Waals surface area contributed by atoms with Gasteiger partial charge in [0, 0.05) is 25.2 Å². The number of nitrogens with zero attached hydrogens (tertiary/aromatic N) is 1. The molecule has 0 radical (unpaired) electrons. The van der Waals surface area contributed by atoms with Crippen molar-refractivity contribution in [3.8, 4) is 12.3 Å². The second-order valence-electron chi connectivity index (χ2n) is 4.36. The van der Waals surface area contributed by atoms with E-state index >= 15 is 0 Å². The maximum atomic E-state index is 11.6. The van der Waals surface area contributed by atoms with Crippen molar-refractivity contribution in [2.24, 2.45) is 0 Å². The maximum absolute atomic E-state index is 11.6. The Morgan fingerprint density at radius 2 is 2.44 bits per heavy atom. The zero-order valence-electron chi connectivity index (χ0n) is 10.8. The monoisotopic (exact) mass is 271 g/mol. The van der Waals surface area contributed by atoms with Crippen LogP contribution in [-0.2, 0) is 4.79 Å². The number of amides is 1. The molecule has 1 saturated heterocycles. The molecule has 0 saturated carbocycles. The highest BCUT2D eigenvalue weighted by Crippen LogP contribution is 2.00. The molecule has 18 heavy (non-hydrogen) atoms. The summed E-state index contributed by atoms with van der Waals surface area (Å²) in [5.41, 5.74) is 0. The first-order chi connectivity index (χ1) is 8.22. The SMILES string of the molecule is C#CCN(C)C/C=C/C(=O)N[C@H]1CCCNC1.Cl. The van der Waals surface area contributed by atoms with Gasteiger partial charge >= 0.3 is 0 Å². The highest BCUT2D eigenvalue weighted by molar-refractivity contribution is 5.87. The number of hydrogen-bond acceptors (Lipinski definition) is 3. The first-order valence-electron chi connectivity index (χ1n) is 6.02. The van der Waals surface area contributed by atoms with E-state index in [-0.39, 0.29) is 24.4 Å². The Morgan fingerprint density at radius 3 is 3.06 bits per heavy atom. The summed E-state index contributed by atoms with van der Waals surface area (Å²) in [6.45, 7) is 3.22. The van der Waals surface area contributed by atoms with Gasteiger partial charge in [-0.05, 0) is 26.4 Å². The van der Waals surface area contributed by atoms with Gasteiger partial charge in [-0.2, -0.15) is 0 Å². The average molecular weight is 272 g/mol. The van der Waals surface area contributed by atoms with E-state index in [1.54, 1.807) is 6.08 Å². The summed E-state index contributed by atoms with van der Waals surface area (Å²) < 4.78 is 0. The molecule has 0 aromatic rings. The molecule has 1 amide bonds. The first-order valence-corrected chi connectivity index (χ1v) is 6.02. The van der Waals surface area contributed by atoms with E-state index in [0.717, 1.165) is 25.9 Å². The molecule has 0 unspecified atom stereocenters. The van der Waals surface area contributed by atoms with Crippen LogP contribution in [0.1, 0.15) is 12.8 Å². The zero-order chi connectivity index (χ0) is 12.5. The molecule has 0 spiro atoms. The lowest BCUT2D eigenvalue weighted by atomic mass is 10.1. The highest BCUT2D eigenvalue weighted by Gasteiger charge is 2.13. The molecule has 4 nitrogen and oxygen atoms in total. The minimum atomic E-state index is -0.0205. The van der Waals surface area contributed by atoms with Crippen LogP contribution in [0.5, 0.6) is 0 Å². The van der Waals surface area contributed by atoms with Crippen LogP contribution in [0.15, 0.2) is 12.2 Å². The van der Waals surface area contributed by atoms with Crippen LogP contribution in [0.3, 0.4) is 0 Å². The smallest absolute Gasteiger partial charge is 0.243 e. The van der Waals surface area contributed by atoms with E-state index in [2.05, 4.69) is 16.6 Å². The molecule has 5 heteroatoms. The number of nitrogens with one attached hydrogen (secondary N) is 2. The van der Waals surface area contributed by atoms with E-state index in [0.29, 0.717) is 13.1 Å². The normalized spacial score (nSPS) is 19.3. The number of likely N-dealkylation sites (N-methyl/N-ethyl adjacent to an activating group) is 1. The predicted octanol–water partition coefficient (Wildman–Crippen LogP) is 0.398. The Kier molecular flexibility index (Phi) is 9.39. The number of terminal acetylenes is 1. The highest BCUT2D eigenvalue weighted by atomic mass is 35.5. The second-order valence-corrected chi connectivity index (χ2v) is 4.36. The third-order valence-electron chi connectivity index (χ3n) is 2.69. The lowest BCUT2D eigenvalue weighted by Crippen LogP contribution is -2.45. The Morgan fingerprint density at radius 1 is 1.67 bits per heavy atom. The number of piperidine rings is 1. The van der Waals surface area contributed by atoms with Crippen LogP contribution < -0.4 is 10.6 Å². The van der Waals surface area contributed by atoms with E-state index in [4.69, 9.17) is 6.42 Å². The molecular formula is C13H22ClN3O. The van der Waals surface area contributed by atoms with Crippen molar-refractivity contribution in [3.63, 3.8) is 0 Å². The van der Waals surface area contributed by atoms with Gasteiger partial charge in [0.1, 0.15) is 0 Å². The Hall–Kier alpha value is -1.02. The van der Waals surface area contributed by atoms with E-state index in [9.17, 15) is 4.79 Å². The molecule has 0 aromatic heterocycles. The van der Waals surface area contributed by atoms with Gasteiger partial charge in [-0.1, -0.05) is 12.0 Å². The Labute approximate surface area is 116 Å². The van der Waals surface area contributed by atoms with Gasteiger partial charge in [-0.15, -0.1) is 18.8 Å². The van der Waals surface area contributed by atoms with Crippen molar-refractivity contribution in [2.45, 2.75) is 18.9 Å². The van der Waals surface area contributed by atoms with Gasteiger partial charge in [0.2, 0.25) is 5.91 Å². The fraction of sp³-hybridized carbons (Fsp3) is 0.615. The first kappa shape index (κ1) is 17.0. The molecule has 102 valence electrons. The van der Waals surface area contributed by atoms with Crippen LogP contribution in [-0.4, -0.2) is 50.1 Å². The summed E-state index contributed by atoms with van der Waals surface area (Å²) in [7, 11) is 1.92. The van der Waals surface area contributed by atoms with Crippen LogP contribution in [0.2, 0.25) is 0 Å². The molecule has 1 rings (SSSR count). The Bertz CT molecular complexity index is 306. The van der Waals surface area contributed by atoms with Gasteiger partial charge in [0.05, 0.1) is 6.54 Å². The lowest BCUT2D eigenvalue weighted by molar-refractivity contribution is -0.117. The lowest BCUT2D eigenvalue weighted by Gasteiger charge is -2.23. The predicted molar refractivity (Wildman–Crippen MR) is 76.8 cm³/mol. The van der Waals surface area contributed by atoms with Gasteiger partial charge < -0.3 is 10.6 Å². The van der Waals surface area contributed by atoms with Crippen LogP contribution >= 0.6 is 12.4 Å². The third-order valence-corrected chi connectivity index (χ3v) is 2.69. The molecule has 0 aliphatic carbocycles. The number of hydrogen-bond donors (Lipinski definition) is 2. The average Bonchev–Trinajstić information content (AvgIpc) is 2.30. The molecule has 0 aromatic carbocycles. The van der Waals surface area contributed by atoms with E-state index in [1.165, 1.54) is 0 Å². The molecule has 1 aliphatic rings. The summed E-state index contributed by atoms with van der Waals surface area (Å²) in [6, 6.07) is 0.268. The van der Waals surface area contributed by atoms with Crippen molar-refractivity contribution in [2.75, 3.05) is 33.2 Å². The second kappa shape index (κ2) is 9.95.